The van der Waals surface area contributed by atoms with E-state index in [-0.39, 0.29) is 41.8 Å². The van der Waals surface area contributed by atoms with Crippen LogP contribution in [0.4, 0.5) is 4.79 Å². The average molecular weight is 824 g/mol. The van der Waals surface area contributed by atoms with Gasteiger partial charge in [0.2, 0.25) is 5.79 Å². The summed E-state index contributed by atoms with van der Waals surface area (Å²) >= 11 is 0. The Morgan fingerprint density at radius 2 is 1.50 bits per heavy atom. The maximum atomic E-state index is 14.6. The number of nitrogens with zero attached hydrogens (tertiary/aromatic N) is 1. The van der Waals surface area contributed by atoms with Gasteiger partial charge >= 0.3 is 12.1 Å². The maximum absolute atomic E-state index is 14.6. The van der Waals surface area contributed by atoms with Crippen molar-refractivity contribution in [3.8, 4) is 0 Å². The summed E-state index contributed by atoms with van der Waals surface area (Å²) in [7, 11) is 3.29. The van der Waals surface area contributed by atoms with Crippen LogP contribution in [0.25, 0.3) is 0 Å². The second-order valence-electron chi connectivity index (χ2n) is 19.5. The van der Waals surface area contributed by atoms with Gasteiger partial charge < -0.3 is 48.6 Å². The first-order chi connectivity index (χ1) is 27.1. The Morgan fingerprint density at radius 1 is 0.828 bits per heavy atom. The van der Waals surface area contributed by atoms with Crippen molar-refractivity contribution in [1.29, 1.82) is 0 Å². The Bertz CT molecular complexity index is 1450. The molecule has 2 spiro atoms. The highest BCUT2D eigenvalue weighted by Crippen LogP contribution is 2.56. The summed E-state index contributed by atoms with van der Waals surface area (Å²) in [4.78, 5) is 41.1. The highest BCUT2D eigenvalue weighted by atomic mass is 16.8. The summed E-state index contributed by atoms with van der Waals surface area (Å²) < 4.78 is 40.5. The number of carbonyl (C=O) groups is 3. The molecule has 58 heavy (non-hydrogen) atoms. The number of ketones is 1. The van der Waals surface area contributed by atoms with E-state index in [4.69, 9.17) is 28.4 Å². The molecule has 0 aromatic heterocycles. The molecule has 0 aromatic rings. The summed E-state index contributed by atoms with van der Waals surface area (Å²) in [5.74, 6) is -5.65. The fraction of sp³-hybridized carbons (Fsp3) is 0.933. The third-order valence-corrected chi connectivity index (χ3v) is 15.4. The Labute approximate surface area is 347 Å². The van der Waals surface area contributed by atoms with Crippen molar-refractivity contribution in [2.24, 2.45) is 41.4 Å². The molecule has 0 bridgehead atoms. The van der Waals surface area contributed by atoms with Crippen LogP contribution < -0.4 is 0 Å². The Morgan fingerprint density at radius 3 is 2.09 bits per heavy atom. The van der Waals surface area contributed by atoms with E-state index in [9.17, 15) is 29.7 Å². The molecule has 0 aromatic carbocycles. The Balaban J connectivity index is 1.37. The van der Waals surface area contributed by atoms with E-state index in [1.807, 2.05) is 41.5 Å². The number of Topliss-reactive ketones (excluding diaryl/α,β-unsaturated/α-hetero) is 1. The standard InChI is InChI=1S/C45H77NO12/c1-13-31(40(49)50)33-17-16-25(4)38(54-33)29(8)36(47)28(7)37(48)32(14-2)39-26(5)24-27(6)44(56-39)21-19-35(55-41(51)46(11)12)45(58-44)23-22-42(10,57-45)34-18-20-43(52,15-3)30(9)53-34/h25-36,38-39,47,52H,13-24H2,1-12H3,(H,49,50)/t25-,26-,27+,28-,29-,30-,31+,32-,33+,34+,35+,36+,38+,39-,42-,43+,44-,45-/m0/s1. The zero-order chi connectivity index (χ0) is 43.1. The maximum Gasteiger partial charge on any atom is 0.409 e. The third kappa shape index (κ3) is 9.02. The molecule has 5 saturated heterocycles. The van der Waals surface area contributed by atoms with Crippen LogP contribution in [0.5, 0.6) is 0 Å². The van der Waals surface area contributed by atoms with Gasteiger partial charge in [0.25, 0.3) is 0 Å². The van der Waals surface area contributed by atoms with Crippen LogP contribution >= 0.6 is 0 Å². The van der Waals surface area contributed by atoms with Crippen molar-refractivity contribution >= 4 is 17.8 Å². The molecule has 0 unspecified atom stereocenters. The van der Waals surface area contributed by atoms with E-state index in [1.165, 1.54) is 4.90 Å². The monoisotopic (exact) mass is 824 g/mol. The first kappa shape index (κ1) is 47.2. The summed E-state index contributed by atoms with van der Waals surface area (Å²) in [6, 6.07) is 0. The van der Waals surface area contributed by atoms with Crippen molar-refractivity contribution < 1.29 is 58.1 Å². The van der Waals surface area contributed by atoms with Gasteiger partial charge in [-0.1, -0.05) is 55.4 Å². The molecule has 0 aliphatic carbocycles. The van der Waals surface area contributed by atoms with Gasteiger partial charge in [-0.15, -0.1) is 0 Å². The lowest BCUT2D eigenvalue weighted by Crippen LogP contribution is -2.65. The van der Waals surface area contributed by atoms with Crippen molar-refractivity contribution in [2.45, 2.75) is 212 Å². The smallest absolute Gasteiger partial charge is 0.409 e. The van der Waals surface area contributed by atoms with Gasteiger partial charge in [-0.25, -0.2) is 4.79 Å². The first-order valence-corrected chi connectivity index (χ1v) is 22.5. The van der Waals surface area contributed by atoms with E-state index < -0.39 is 82.9 Å². The van der Waals surface area contributed by atoms with Crippen LogP contribution in [0.15, 0.2) is 0 Å². The number of aliphatic hydroxyl groups excluding tert-OH is 1. The molecular weight excluding hydrogens is 746 g/mol. The largest absolute Gasteiger partial charge is 0.481 e. The van der Waals surface area contributed by atoms with Crippen LogP contribution in [0.1, 0.15) is 146 Å². The van der Waals surface area contributed by atoms with E-state index in [1.54, 1.807) is 21.0 Å². The summed E-state index contributed by atoms with van der Waals surface area (Å²) in [5.41, 5.74) is -1.69. The number of hydrogen-bond acceptors (Lipinski definition) is 11. The lowest BCUT2D eigenvalue weighted by atomic mass is 9.72. The zero-order valence-electron chi connectivity index (χ0n) is 37.5. The first-order valence-electron chi connectivity index (χ1n) is 22.5. The van der Waals surface area contributed by atoms with Gasteiger partial charge in [-0.3, -0.25) is 9.59 Å². The third-order valence-electron chi connectivity index (χ3n) is 15.4. The SMILES string of the molecule is CC[C@@H](C(=O)[C@@H](C)[C@@H](O)[C@H](C)[C@@H]1O[C@@H]([C@@H](CC)C(=O)O)CC[C@@H]1C)[C@H]1O[C@]2(CC[C@@H](OC(=O)N(C)C)[C@]3(CC[C@@](C)([C@H]4CC[C@](O)(CC)[C@H](C)O4)O3)O2)[C@H](C)C[C@@H]1C. The van der Waals surface area contributed by atoms with Gasteiger partial charge in [0.05, 0.1) is 53.7 Å². The van der Waals surface area contributed by atoms with Crippen LogP contribution in [0.2, 0.25) is 0 Å². The molecule has 0 radical (unpaired) electrons. The summed E-state index contributed by atoms with van der Waals surface area (Å²) in [6.45, 7) is 19.7. The van der Waals surface area contributed by atoms with Crippen LogP contribution in [0.3, 0.4) is 0 Å². The molecule has 5 heterocycles. The molecule has 13 heteroatoms. The second kappa shape index (κ2) is 18.2. The lowest BCUT2D eigenvalue weighted by molar-refractivity contribution is -0.441. The quantitative estimate of drug-likeness (QED) is 0.172. The number of ether oxygens (including phenoxy) is 6. The Kier molecular flexibility index (Phi) is 14.8. The van der Waals surface area contributed by atoms with E-state index >= 15 is 0 Å². The van der Waals surface area contributed by atoms with Gasteiger partial charge in [0.1, 0.15) is 5.78 Å². The number of aliphatic carboxylic acids is 1. The molecule has 13 nitrogen and oxygen atoms in total. The zero-order valence-corrected chi connectivity index (χ0v) is 37.5. The molecule has 5 aliphatic heterocycles. The summed E-state index contributed by atoms with van der Waals surface area (Å²) in [6.07, 6.45) is 2.55. The molecule has 0 saturated carbocycles. The molecule has 334 valence electrons. The number of amides is 1. The van der Waals surface area contributed by atoms with Crippen LogP contribution in [-0.4, -0.2) is 118 Å². The number of carboxylic acid groups (broad SMARTS) is 1. The van der Waals surface area contributed by atoms with Crippen molar-refractivity contribution in [1.82, 2.24) is 4.90 Å². The van der Waals surface area contributed by atoms with Gasteiger partial charge in [-0.2, -0.15) is 0 Å². The fourth-order valence-electron chi connectivity index (χ4n) is 11.2. The highest BCUT2D eigenvalue weighted by molar-refractivity contribution is 5.84. The fourth-order valence-corrected chi connectivity index (χ4v) is 11.2. The van der Waals surface area contributed by atoms with Gasteiger partial charge in [0.15, 0.2) is 11.9 Å². The average Bonchev–Trinajstić information content (AvgIpc) is 3.52. The van der Waals surface area contributed by atoms with E-state index in [0.717, 1.165) is 12.8 Å². The van der Waals surface area contributed by atoms with Crippen molar-refractivity contribution in [3.05, 3.63) is 0 Å². The summed E-state index contributed by atoms with van der Waals surface area (Å²) in [5, 5.41) is 32.8. The number of carbonyl (C=O) groups excluding carboxylic acids is 2. The molecular formula is C45H77NO12. The molecule has 5 rings (SSSR count). The minimum Gasteiger partial charge on any atom is -0.481 e. The topological polar surface area (TPSA) is 171 Å². The van der Waals surface area contributed by atoms with Crippen molar-refractivity contribution in [3.63, 3.8) is 0 Å². The van der Waals surface area contributed by atoms with Crippen LogP contribution in [-0.2, 0) is 38.0 Å². The molecule has 18 atom stereocenters. The predicted octanol–water partition coefficient (Wildman–Crippen LogP) is 7.12. The minimum atomic E-state index is -1.33. The van der Waals surface area contributed by atoms with Gasteiger partial charge in [0, 0.05) is 50.6 Å². The number of carboxylic acids is 1. The van der Waals surface area contributed by atoms with Crippen molar-refractivity contribution in [2.75, 3.05) is 14.1 Å². The highest BCUT2D eigenvalue weighted by Gasteiger charge is 2.66. The minimum absolute atomic E-state index is 0.00814. The number of aliphatic hydroxyl groups is 2. The predicted molar refractivity (Wildman–Crippen MR) is 217 cm³/mol. The van der Waals surface area contributed by atoms with E-state index in [0.29, 0.717) is 64.2 Å². The molecule has 5 fully saturated rings. The molecule has 1 amide bonds. The number of rotatable bonds is 13. The molecule has 3 N–H and O–H groups in total. The number of hydrogen-bond donors (Lipinski definition) is 3. The molecule has 5 aliphatic rings. The van der Waals surface area contributed by atoms with E-state index in [2.05, 4.69) is 20.8 Å². The van der Waals surface area contributed by atoms with Gasteiger partial charge in [-0.05, 0) is 89.9 Å². The lowest BCUT2D eigenvalue weighted by Gasteiger charge is -2.57. The second-order valence-corrected chi connectivity index (χ2v) is 19.5. The normalized spacial score (nSPS) is 43.3. The van der Waals surface area contributed by atoms with Crippen LogP contribution in [0, 0.1) is 41.4 Å². The Hall–Kier alpha value is -1.87.